The zero-order valence-electron chi connectivity index (χ0n) is 15.7. The molecule has 2 amide bonds. The standard InChI is InChI=1S/C20H22N4O4/c1-3-24(4-2)19(26)13-5-8-15(9-6-13)28-12-18(25)21-14-7-10-16-17(11-14)23-20(27)22-16/h5-11H,3-4,12H2,1-2H3,(H,21,25)(H2,22,23,27). The largest absolute Gasteiger partial charge is 0.484 e. The van der Waals surface area contributed by atoms with Gasteiger partial charge in [-0.15, -0.1) is 0 Å². The lowest BCUT2D eigenvalue weighted by Crippen LogP contribution is -2.30. The molecule has 2 aromatic carbocycles. The van der Waals surface area contributed by atoms with Gasteiger partial charge in [0.15, 0.2) is 6.61 Å². The topological polar surface area (TPSA) is 107 Å². The Hall–Kier alpha value is -3.55. The molecule has 0 aliphatic carbocycles. The molecular weight excluding hydrogens is 360 g/mol. The summed E-state index contributed by atoms with van der Waals surface area (Å²) in [5.74, 6) is 0.129. The van der Waals surface area contributed by atoms with Crippen LogP contribution in [0.25, 0.3) is 11.0 Å². The average molecular weight is 382 g/mol. The fourth-order valence-electron chi connectivity index (χ4n) is 2.84. The van der Waals surface area contributed by atoms with E-state index in [4.69, 9.17) is 4.74 Å². The lowest BCUT2D eigenvalue weighted by Gasteiger charge is -2.18. The van der Waals surface area contributed by atoms with Crippen molar-refractivity contribution in [3.05, 3.63) is 58.5 Å². The van der Waals surface area contributed by atoms with E-state index in [0.717, 1.165) is 0 Å². The summed E-state index contributed by atoms with van der Waals surface area (Å²) in [7, 11) is 0. The van der Waals surface area contributed by atoms with Crippen molar-refractivity contribution in [2.24, 2.45) is 0 Å². The Morgan fingerprint density at radius 3 is 2.36 bits per heavy atom. The number of aromatic amines is 2. The average Bonchev–Trinajstić information content (AvgIpc) is 3.07. The second-order valence-electron chi connectivity index (χ2n) is 6.18. The number of fused-ring (bicyclic) bond motifs is 1. The van der Waals surface area contributed by atoms with Gasteiger partial charge in [-0.25, -0.2) is 4.79 Å². The van der Waals surface area contributed by atoms with Crippen LogP contribution in [0.4, 0.5) is 5.69 Å². The smallest absolute Gasteiger partial charge is 0.323 e. The lowest BCUT2D eigenvalue weighted by atomic mass is 10.2. The van der Waals surface area contributed by atoms with Crippen molar-refractivity contribution in [1.29, 1.82) is 0 Å². The summed E-state index contributed by atoms with van der Waals surface area (Å²) >= 11 is 0. The molecule has 0 saturated carbocycles. The number of anilines is 1. The van der Waals surface area contributed by atoms with Gasteiger partial charge in [-0.1, -0.05) is 0 Å². The van der Waals surface area contributed by atoms with E-state index in [0.29, 0.717) is 41.1 Å². The highest BCUT2D eigenvalue weighted by atomic mass is 16.5. The minimum Gasteiger partial charge on any atom is -0.484 e. The predicted octanol–water partition coefficient (Wildman–Crippen LogP) is 2.36. The van der Waals surface area contributed by atoms with Crippen LogP contribution in [-0.2, 0) is 4.79 Å². The Bertz CT molecular complexity index is 1030. The SMILES string of the molecule is CCN(CC)C(=O)c1ccc(OCC(=O)Nc2ccc3[nH]c(=O)[nH]c3c2)cc1. The second-order valence-corrected chi connectivity index (χ2v) is 6.18. The maximum atomic E-state index is 12.3. The van der Waals surface area contributed by atoms with Crippen LogP contribution in [0.1, 0.15) is 24.2 Å². The number of hydrogen-bond donors (Lipinski definition) is 3. The summed E-state index contributed by atoms with van der Waals surface area (Å²) in [6.07, 6.45) is 0. The van der Waals surface area contributed by atoms with Crippen molar-refractivity contribution in [1.82, 2.24) is 14.9 Å². The first kappa shape index (κ1) is 19.2. The van der Waals surface area contributed by atoms with Gasteiger partial charge in [0.1, 0.15) is 5.75 Å². The number of amides is 2. The Balaban J connectivity index is 1.56. The van der Waals surface area contributed by atoms with E-state index in [1.807, 2.05) is 13.8 Å². The summed E-state index contributed by atoms with van der Waals surface area (Å²) in [4.78, 5) is 42.7. The number of carbonyl (C=O) groups is 2. The molecule has 0 bridgehead atoms. The van der Waals surface area contributed by atoms with Crippen LogP contribution in [-0.4, -0.2) is 46.4 Å². The van der Waals surface area contributed by atoms with E-state index in [-0.39, 0.29) is 24.1 Å². The first-order valence-corrected chi connectivity index (χ1v) is 9.04. The van der Waals surface area contributed by atoms with Crippen LogP contribution >= 0.6 is 0 Å². The number of imidazole rings is 1. The quantitative estimate of drug-likeness (QED) is 0.583. The Labute approximate surface area is 161 Å². The normalized spacial score (nSPS) is 10.6. The van der Waals surface area contributed by atoms with Crippen LogP contribution in [0.3, 0.4) is 0 Å². The van der Waals surface area contributed by atoms with Gasteiger partial charge >= 0.3 is 5.69 Å². The van der Waals surface area contributed by atoms with Gasteiger partial charge in [0.25, 0.3) is 11.8 Å². The molecule has 28 heavy (non-hydrogen) atoms. The number of rotatable bonds is 7. The van der Waals surface area contributed by atoms with Gasteiger partial charge in [-0.2, -0.15) is 0 Å². The monoisotopic (exact) mass is 382 g/mol. The zero-order valence-corrected chi connectivity index (χ0v) is 15.7. The number of H-pyrrole nitrogens is 2. The fourth-order valence-corrected chi connectivity index (χ4v) is 2.84. The summed E-state index contributed by atoms with van der Waals surface area (Å²) in [5.41, 5.74) is 2.10. The van der Waals surface area contributed by atoms with Crippen molar-refractivity contribution in [3.63, 3.8) is 0 Å². The molecule has 1 aromatic heterocycles. The number of carbonyl (C=O) groups excluding carboxylic acids is 2. The van der Waals surface area contributed by atoms with E-state index in [1.165, 1.54) is 0 Å². The molecule has 0 unspecified atom stereocenters. The van der Waals surface area contributed by atoms with Crippen molar-refractivity contribution in [2.45, 2.75) is 13.8 Å². The molecule has 0 radical (unpaired) electrons. The number of ether oxygens (including phenoxy) is 1. The molecule has 0 aliphatic rings. The van der Waals surface area contributed by atoms with E-state index >= 15 is 0 Å². The van der Waals surface area contributed by atoms with Crippen molar-refractivity contribution in [2.75, 3.05) is 25.0 Å². The fraction of sp³-hybridized carbons (Fsp3) is 0.250. The zero-order chi connectivity index (χ0) is 20.1. The van der Waals surface area contributed by atoms with Crippen LogP contribution in [0.2, 0.25) is 0 Å². The summed E-state index contributed by atoms with van der Waals surface area (Å²) in [5, 5.41) is 2.71. The molecule has 1 heterocycles. The molecule has 3 rings (SSSR count). The minimum atomic E-state index is -0.333. The molecule has 0 aliphatic heterocycles. The Morgan fingerprint density at radius 1 is 1.00 bits per heavy atom. The van der Waals surface area contributed by atoms with Gasteiger partial charge in [0, 0.05) is 24.3 Å². The van der Waals surface area contributed by atoms with E-state index in [2.05, 4.69) is 15.3 Å². The van der Waals surface area contributed by atoms with Crippen molar-refractivity contribution >= 4 is 28.5 Å². The number of nitrogens with zero attached hydrogens (tertiary/aromatic N) is 1. The molecule has 0 fully saturated rings. The third kappa shape index (κ3) is 4.40. The molecule has 0 saturated heterocycles. The first-order valence-electron chi connectivity index (χ1n) is 9.04. The Morgan fingerprint density at radius 2 is 1.68 bits per heavy atom. The third-order valence-corrected chi connectivity index (χ3v) is 4.32. The first-order chi connectivity index (χ1) is 13.5. The van der Waals surface area contributed by atoms with Gasteiger partial charge in [-0.05, 0) is 56.3 Å². The number of benzene rings is 2. The van der Waals surface area contributed by atoms with Crippen molar-refractivity contribution in [3.8, 4) is 5.75 Å². The molecule has 8 heteroatoms. The minimum absolute atomic E-state index is 0.0347. The number of hydrogen-bond acceptors (Lipinski definition) is 4. The maximum absolute atomic E-state index is 12.3. The van der Waals surface area contributed by atoms with Gasteiger partial charge in [-0.3, -0.25) is 9.59 Å². The molecule has 8 nitrogen and oxygen atoms in total. The summed E-state index contributed by atoms with van der Waals surface area (Å²) in [6.45, 7) is 4.99. The van der Waals surface area contributed by atoms with Crippen LogP contribution < -0.4 is 15.7 Å². The van der Waals surface area contributed by atoms with Gasteiger partial charge < -0.3 is 24.9 Å². The van der Waals surface area contributed by atoms with Gasteiger partial charge in [0.05, 0.1) is 11.0 Å². The molecule has 0 spiro atoms. The highest BCUT2D eigenvalue weighted by Gasteiger charge is 2.12. The van der Waals surface area contributed by atoms with Crippen LogP contribution in [0, 0.1) is 0 Å². The molecule has 3 aromatic rings. The lowest BCUT2D eigenvalue weighted by molar-refractivity contribution is -0.118. The molecular formula is C20H22N4O4. The van der Waals surface area contributed by atoms with Crippen LogP contribution in [0.5, 0.6) is 5.75 Å². The van der Waals surface area contributed by atoms with Crippen LogP contribution in [0.15, 0.2) is 47.3 Å². The Kier molecular flexibility index (Phi) is 5.78. The predicted molar refractivity (Wildman–Crippen MR) is 107 cm³/mol. The highest BCUT2D eigenvalue weighted by molar-refractivity contribution is 5.95. The van der Waals surface area contributed by atoms with E-state index in [9.17, 15) is 14.4 Å². The van der Waals surface area contributed by atoms with Crippen molar-refractivity contribution < 1.29 is 14.3 Å². The second kappa shape index (κ2) is 8.43. The number of aromatic nitrogens is 2. The third-order valence-electron chi connectivity index (χ3n) is 4.32. The van der Waals surface area contributed by atoms with E-state index in [1.54, 1.807) is 47.4 Å². The highest BCUT2D eigenvalue weighted by Crippen LogP contribution is 2.16. The summed E-state index contributed by atoms with van der Waals surface area (Å²) in [6, 6.07) is 11.8. The molecule has 3 N–H and O–H groups in total. The summed E-state index contributed by atoms with van der Waals surface area (Å²) < 4.78 is 5.48. The van der Waals surface area contributed by atoms with E-state index < -0.39 is 0 Å². The molecule has 0 atom stereocenters. The molecule has 146 valence electrons. The number of nitrogens with one attached hydrogen (secondary N) is 3. The maximum Gasteiger partial charge on any atom is 0.323 e. The van der Waals surface area contributed by atoms with Gasteiger partial charge in [0.2, 0.25) is 0 Å².